The number of hydrogen-bond acceptors (Lipinski definition) is 2. The van der Waals surface area contributed by atoms with E-state index in [0.29, 0.717) is 18.2 Å². The monoisotopic (exact) mass is 212 g/mol. The molecule has 1 unspecified atom stereocenters. The Morgan fingerprint density at radius 2 is 2.27 bits per heavy atom. The minimum Gasteiger partial charge on any atom is -0.343 e. The van der Waals surface area contributed by atoms with Crippen LogP contribution in [-0.2, 0) is 4.79 Å². The van der Waals surface area contributed by atoms with Crippen molar-refractivity contribution in [3.63, 3.8) is 0 Å². The third kappa shape index (κ3) is 4.20. The summed E-state index contributed by atoms with van der Waals surface area (Å²) in [6.07, 6.45) is 4.18. The van der Waals surface area contributed by atoms with Crippen LogP contribution in [0.3, 0.4) is 0 Å². The van der Waals surface area contributed by atoms with E-state index in [1.54, 1.807) is 0 Å². The van der Waals surface area contributed by atoms with E-state index >= 15 is 0 Å². The van der Waals surface area contributed by atoms with Gasteiger partial charge in [0, 0.05) is 19.5 Å². The Morgan fingerprint density at radius 3 is 2.80 bits per heavy atom. The van der Waals surface area contributed by atoms with Crippen molar-refractivity contribution in [2.75, 3.05) is 26.2 Å². The van der Waals surface area contributed by atoms with Gasteiger partial charge in [0.2, 0.25) is 5.91 Å². The molecule has 0 saturated carbocycles. The van der Waals surface area contributed by atoms with Crippen molar-refractivity contribution in [3.8, 4) is 0 Å². The van der Waals surface area contributed by atoms with E-state index in [1.165, 1.54) is 12.8 Å². The van der Waals surface area contributed by atoms with Crippen molar-refractivity contribution in [1.82, 2.24) is 10.2 Å². The maximum absolute atomic E-state index is 11.8. The zero-order valence-electron chi connectivity index (χ0n) is 10.1. The van der Waals surface area contributed by atoms with Crippen LogP contribution in [0, 0.1) is 5.92 Å². The van der Waals surface area contributed by atoms with Gasteiger partial charge in [-0.05, 0) is 45.2 Å². The van der Waals surface area contributed by atoms with Crippen LogP contribution in [-0.4, -0.2) is 37.0 Å². The van der Waals surface area contributed by atoms with E-state index in [2.05, 4.69) is 19.2 Å². The largest absolute Gasteiger partial charge is 0.343 e. The van der Waals surface area contributed by atoms with Crippen molar-refractivity contribution in [2.45, 2.75) is 39.5 Å². The van der Waals surface area contributed by atoms with E-state index in [-0.39, 0.29) is 0 Å². The molecule has 0 aromatic heterocycles. The summed E-state index contributed by atoms with van der Waals surface area (Å²) in [5, 5.41) is 3.40. The zero-order chi connectivity index (χ0) is 11.1. The molecule has 1 heterocycles. The van der Waals surface area contributed by atoms with Crippen LogP contribution in [0.15, 0.2) is 0 Å². The average Bonchev–Trinajstić information content (AvgIpc) is 2.27. The number of piperidine rings is 1. The van der Waals surface area contributed by atoms with Crippen molar-refractivity contribution < 1.29 is 4.79 Å². The fourth-order valence-electron chi connectivity index (χ4n) is 2.17. The van der Waals surface area contributed by atoms with Gasteiger partial charge in [-0.3, -0.25) is 4.79 Å². The Kier molecular flexibility index (Phi) is 5.69. The molecule has 1 atom stereocenters. The molecule has 1 fully saturated rings. The number of amides is 1. The van der Waals surface area contributed by atoms with Crippen molar-refractivity contribution >= 4 is 5.91 Å². The second-order valence-corrected chi connectivity index (χ2v) is 4.39. The molecule has 1 N–H and O–H groups in total. The molecule has 3 heteroatoms. The molecular formula is C12H24N2O. The number of carbonyl (C=O) groups is 1. The molecule has 1 amide bonds. The Bertz CT molecular complexity index is 188. The molecule has 0 bridgehead atoms. The van der Waals surface area contributed by atoms with Crippen LogP contribution < -0.4 is 5.32 Å². The first-order valence-corrected chi connectivity index (χ1v) is 6.26. The maximum atomic E-state index is 11.8. The predicted octanol–water partition coefficient (Wildman–Crippen LogP) is 1.63. The lowest BCUT2D eigenvalue weighted by molar-refractivity contribution is -0.131. The topological polar surface area (TPSA) is 32.3 Å². The van der Waals surface area contributed by atoms with Crippen LogP contribution >= 0.6 is 0 Å². The van der Waals surface area contributed by atoms with Gasteiger partial charge in [0.25, 0.3) is 0 Å². The number of nitrogens with zero attached hydrogens (tertiary/aromatic N) is 1. The van der Waals surface area contributed by atoms with Gasteiger partial charge in [-0.1, -0.05) is 6.92 Å². The molecule has 0 aromatic carbocycles. The van der Waals surface area contributed by atoms with Gasteiger partial charge >= 0.3 is 0 Å². The molecular weight excluding hydrogens is 188 g/mol. The van der Waals surface area contributed by atoms with Crippen LogP contribution in [0.4, 0.5) is 0 Å². The summed E-state index contributed by atoms with van der Waals surface area (Å²) in [4.78, 5) is 13.8. The van der Waals surface area contributed by atoms with Crippen LogP contribution in [0.25, 0.3) is 0 Å². The van der Waals surface area contributed by atoms with Gasteiger partial charge in [0.15, 0.2) is 0 Å². The Balaban J connectivity index is 2.34. The second-order valence-electron chi connectivity index (χ2n) is 4.39. The van der Waals surface area contributed by atoms with E-state index in [9.17, 15) is 4.79 Å². The van der Waals surface area contributed by atoms with Crippen LogP contribution in [0.2, 0.25) is 0 Å². The fourth-order valence-corrected chi connectivity index (χ4v) is 2.17. The third-order valence-corrected chi connectivity index (χ3v) is 3.08. The first kappa shape index (κ1) is 12.5. The Hall–Kier alpha value is -0.570. The number of nitrogens with one attached hydrogen (secondary N) is 1. The minimum atomic E-state index is 0.325. The van der Waals surface area contributed by atoms with E-state index in [0.717, 1.165) is 32.6 Å². The summed E-state index contributed by atoms with van der Waals surface area (Å²) < 4.78 is 0. The first-order chi connectivity index (χ1) is 7.27. The van der Waals surface area contributed by atoms with Gasteiger partial charge in [-0.2, -0.15) is 0 Å². The number of carbonyl (C=O) groups excluding carboxylic acids is 1. The van der Waals surface area contributed by atoms with Crippen molar-refractivity contribution in [2.24, 2.45) is 5.92 Å². The molecule has 1 aliphatic heterocycles. The molecule has 1 rings (SSSR count). The maximum Gasteiger partial charge on any atom is 0.222 e. The quantitative estimate of drug-likeness (QED) is 0.751. The Morgan fingerprint density at radius 1 is 1.47 bits per heavy atom. The molecule has 88 valence electrons. The lowest BCUT2D eigenvalue weighted by Crippen LogP contribution is -2.40. The van der Waals surface area contributed by atoms with E-state index in [1.807, 2.05) is 4.90 Å². The minimum absolute atomic E-state index is 0.325. The summed E-state index contributed by atoms with van der Waals surface area (Å²) in [5.41, 5.74) is 0. The standard InChI is InChI=1S/C12H24N2O/c1-3-6-12(15)14(4-2)10-11-7-5-8-13-9-11/h11,13H,3-10H2,1-2H3. The molecule has 0 spiro atoms. The number of hydrogen-bond donors (Lipinski definition) is 1. The zero-order valence-corrected chi connectivity index (χ0v) is 10.1. The molecule has 15 heavy (non-hydrogen) atoms. The van der Waals surface area contributed by atoms with Gasteiger partial charge in [-0.25, -0.2) is 0 Å². The fraction of sp³-hybridized carbons (Fsp3) is 0.917. The van der Waals surface area contributed by atoms with Crippen molar-refractivity contribution in [3.05, 3.63) is 0 Å². The molecule has 3 nitrogen and oxygen atoms in total. The number of rotatable bonds is 5. The lowest BCUT2D eigenvalue weighted by atomic mass is 9.99. The van der Waals surface area contributed by atoms with Crippen LogP contribution in [0.1, 0.15) is 39.5 Å². The molecule has 1 aliphatic rings. The van der Waals surface area contributed by atoms with E-state index in [4.69, 9.17) is 0 Å². The molecule has 1 saturated heterocycles. The highest BCUT2D eigenvalue weighted by Gasteiger charge is 2.18. The van der Waals surface area contributed by atoms with Gasteiger partial charge < -0.3 is 10.2 Å². The van der Waals surface area contributed by atoms with Gasteiger partial charge in [-0.15, -0.1) is 0 Å². The summed E-state index contributed by atoms with van der Waals surface area (Å²) in [6.45, 7) is 8.16. The Labute approximate surface area is 93.2 Å². The molecule has 0 aromatic rings. The smallest absolute Gasteiger partial charge is 0.222 e. The van der Waals surface area contributed by atoms with Crippen LogP contribution in [0.5, 0.6) is 0 Å². The van der Waals surface area contributed by atoms with Gasteiger partial charge in [0.05, 0.1) is 0 Å². The predicted molar refractivity (Wildman–Crippen MR) is 62.8 cm³/mol. The normalized spacial score (nSPS) is 21.3. The molecule has 0 radical (unpaired) electrons. The lowest BCUT2D eigenvalue weighted by Gasteiger charge is -2.29. The molecule has 0 aliphatic carbocycles. The highest BCUT2D eigenvalue weighted by atomic mass is 16.2. The SMILES string of the molecule is CCCC(=O)N(CC)CC1CCCNC1. The average molecular weight is 212 g/mol. The summed E-state index contributed by atoms with van der Waals surface area (Å²) in [7, 11) is 0. The highest BCUT2D eigenvalue weighted by Crippen LogP contribution is 2.12. The highest BCUT2D eigenvalue weighted by molar-refractivity contribution is 5.76. The summed E-state index contributed by atoms with van der Waals surface area (Å²) >= 11 is 0. The van der Waals surface area contributed by atoms with Crippen molar-refractivity contribution in [1.29, 1.82) is 0 Å². The first-order valence-electron chi connectivity index (χ1n) is 6.26. The summed E-state index contributed by atoms with van der Waals surface area (Å²) in [6, 6.07) is 0. The van der Waals surface area contributed by atoms with E-state index < -0.39 is 0 Å². The third-order valence-electron chi connectivity index (χ3n) is 3.08. The second kappa shape index (κ2) is 6.83. The summed E-state index contributed by atoms with van der Waals surface area (Å²) in [5.74, 6) is 0.991. The van der Waals surface area contributed by atoms with Gasteiger partial charge in [0.1, 0.15) is 0 Å².